The summed E-state index contributed by atoms with van der Waals surface area (Å²) < 4.78 is 6.62. The minimum absolute atomic E-state index is 0.334. The van der Waals surface area contributed by atoms with Crippen LogP contribution < -0.4 is 15.6 Å². The van der Waals surface area contributed by atoms with Gasteiger partial charge in [0.25, 0.3) is 5.56 Å². The molecule has 0 saturated carbocycles. The first-order chi connectivity index (χ1) is 13.1. The van der Waals surface area contributed by atoms with Crippen molar-refractivity contribution in [3.05, 3.63) is 71.3 Å². The molecule has 0 fully saturated rings. The number of amides is 1. The zero-order valence-electron chi connectivity index (χ0n) is 15.1. The summed E-state index contributed by atoms with van der Waals surface area (Å²) in [4.78, 5) is 28.6. The summed E-state index contributed by atoms with van der Waals surface area (Å²) in [6, 6.07) is 13.1. The third-order valence-corrected chi connectivity index (χ3v) is 3.98. The lowest BCUT2D eigenvalue weighted by molar-refractivity contribution is -0.119. The molecule has 0 aliphatic rings. The van der Waals surface area contributed by atoms with Gasteiger partial charge in [0.2, 0.25) is 5.91 Å². The maximum atomic E-state index is 12.5. The number of aromatic nitrogens is 3. The van der Waals surface area contributed by atoms with Crippen LogP contribution >= 0.6 is 0 Å². The number of hydrogen-bond acceptors (Lipinski definition) is 5. The molecule has 0 radical (unpaired) electrons. The number of nitrogens with one attached hydrogen (secondary N) is 1. The van der Waals surface area contributed by atoms with Gasteiger partial charge in [0.05, 0.1) is 12.3 Å². The molecule has 7 nitrogen and oxygen atoms in total. The molecule has 3 rings (SSSR count). The highest BCUT2D eigenvalue weighted by Crippen LogP contribution is 2.20. The second-order valence-corrected chi connectivity index (χ2v) is 5.86. The maximum absolute atomic E-state index is 12.5. The highest BCUT2D eigenvalue weighted by Gasteiger charge is 2.18. The third kappa shape index (κ3) is 4.38. The molecule has 138 valence electrons. The minimum Gasteiger partial charge on any atom is -0.494 e. The van der Waals surface area contributed by atoms with E-state index >= 15 is 0 Å². The first kappa shape index (κ1) is 18.3. The van der Waals surface area contributed by atoms with Crippen LogP contribution in [0.25, 0.3) is 11.3 Å². The van der Waals surface area contributed by atoms with Crippen LogP contribution in [0, 0.1) is 0 Å². The van der Waals surface area contributed by atoms with Crippen LogP contribution in [0.15, 0.2) is 65.7 Å². The van der Waals surface area contributed by atoms with Gasteiger partial charge in [0, 0.05) is 29.7 Å². The Kier molecular flexibility index (Phi) is 5.61. The molecule has 2 aromatic heterocycles. The molecule has 27 heavy (non-hydrogen) atoms. The molecule has 1 unspecified atom stereocenters. The van der Waals surface area contributed by atoms with Crippen LogP contribution in [-0.4, -0.2) is 27.3 Å². The molecule has 0 spiro atoms. The molecule has 0 aliphatic carbocycles. The Morgan fingerprint density at radius 3 is 2.48 bits per heavy atom. The number of nitrogens with zero attached hydrogens (tertiary/aromatic N) is 3. The molecule has 0 aliphatic heterocycles. The van der Waals surface area contributed by atoms with Crippen molar-refractivity contribution in [2.75, 3.05) is 11.9 Å². The molecule has 3 aromatic rings. The first-order valence-corrected chi connectivity index (χ1v) is 8.62. The molecule has 1 aromatic carbocycles. The van der Waals surface area contributed by atoms with Gasteiger partial charge >= 0.3 is 0 Å². The average Bonchev–Trinajstić information content (AvgIpc) is 2.69. The molecule has 0 bridgehead atoms. The number of carbonyl (C=O) groups excluding carboxylic acids is 1. The van der Waals surface area contributed by atoms with Gasteiger partial charge in [-0.2, -0.15) is 5.10 Å². The number of rotatable bonds is 6. The predicted molar refractivity (Wildman–Crippen MR) is 103 cm³/mol. The molecule has 0 saturated heterocycles. The van der Waals surface area contributed by atoms with E-state index in [9.17, 15) is 9.59 Å². The van der Waals surface area contributed by atoms with E-state index in [0.717, 1.165) is 11.3 Å². The number of hydrogen-bond donors (Lipinski definition) is 1. The Morgan fingerprint density at radius 1 is 1.11 bits per heavy atom. The lowest BCUT2D eigenvalue weighted by Gasteiger charge is -2.15. The smallest absolute Gasteiger partial charge is 0.267 e. The minimum atomic E-state index is -0.770. The fourth-order valence-electron chi connectivity index (χ4n) is 2.54. The summed E-state index contributed by atoms with van der Waals surface area (Å²) in [5.41, 5.74) is 1.69. The van der Waals surface area contributed by atoms with Crippen LogP contribution in [0.2, 0.25) is 0 Å². The van der Waals surface area contributed by atoms with Crippen molar-refractivity contribution in [3.8, 4) is 17.0 Å². The van der Waals surface area contributed by atoms with E-state index in [1.807, 2.05) is 31.2 Å². The second kappa shape index (κ2) is 8.27. The fourth-order valence-corrected chi connectivity index (χ4v) is 2.54. The van der Waals surface area contributed by atoms with E-state index in [1.54, 1.807) is 37.5 Å². The quantitative estimate of drug-likeness (QED) is 0.727. The number of anilines is 1. The van der Waals surface area contributed by atoms with Gasteiger partial charge in [-0.1, -0.05) is 0 Å². The van der Waals surface area contributed by atoms with E-state index in [0.29, 0.717) is 18.0 Å². The molecule has 7 heteroatoms. The zero-order chi connectivity index (χ0) is 19.2. The largest absolute Gasteiger partial charge is 0.494 e. The molecule has 1 N–H and O–H groups in total. The SMILES string of the molecule is CCOc1ccc(-c2ccc(=O)n(C(C)C(=O)Nc3ccncc3)n2)cc1. The van der Waals surface area contributed by atoms with E-state index in [1.165, 1.54) is 10.7 Å². The topological polar surface area (TPSA) is 86.1 Å². The molecule has 1 atom stereocenters. The lowest BCUT2D eigenvalue weighted by Crippen LogP contribution is -2.33. The second-order valence-electron chi connectivity index (χ2n) is 5.86. The lowest BCUT2D eigenvalue weighted by atomic mass is 10.1. The monoisotopic (exact) mass is 364 g/mol. The van der Waals surface area contributed by atoms with Gasteiger partial charge in [0.15, 0.2) is 0 Å². The van der Waals surface area contributed by atoms with E-state index < -0.39 is 6.04 Å². The Labute approximate surface area is 156 Å². The zero-order valence-corrected chi connectivity index (χ0v) is 15.1. The van der Waals surface area contributed by atoms with Crippen molar-refractivity contribution in [2.24, 2.45) is 0 Å². The predicted octanol–water partition coefficient (Wildman–Crippen LogP) is 2.90. The van der Waals surface area contributed by atoms with Crippen molar-refractivity contribution in [1.82, 2.24) is 14.8 Å². The van der Waals surface area contributed by atoms with Crippen LogP contribution in [0.1, 0.15) is 19.9 Å². The van der Waals surface area contributed by atoms with Gasteiger partial charge in [-0.05, 0) is 56.3 Å². The Balaban J connectivity index is 1.84. The van der Waals surface area contributed by atoms with Gasteiger partial charge < -0.3 is 10.1 Å². The summed E-state index contributed by atoms with van der Waals surface area (Å²) in [5.74, 6) is 0.430. The van der Waals surface area contributed by atoms with E-state index in [-0.39, 0.29) is 11.5 Å². The van der Waals surface area contributed by atoms with Gasteiger partial charge in [-0.3, -0.25) is 14.6 Å². The Morgan fingerprint density at radius 2 is 1.81 bits per heavy atom. The summed E-state index contributed by atoms with van der Waals surface area (Å²) in [6.45, 7) is 4.14. The van der Waals surface area contributed by atoms with Crippen molar-refractivity contribution in [3.63, 3.8) is 0 Å². The van der Waals surface area contributed by atoms with Gasteiger partial charge in [-0.25, -0.2) is 4.68 Å². The molecular formula is C20H20N4O3. The van der Waals surface area contributed by atoms with E-state index in [2.05, 4.69) is 15.4 Å². The summed E-state index contributed by atoms with van der Waals surface area (Å²) in [6.07, 6.45) is 3.16. The number of ether oxygens (including phenoxy) is 1. The van der Waals surface area contributed by atoms with Gasteiger partial charge in [0.1, 0.15) is 11.8 Å². The summed E-state index contributed by atoms with van der Waals surface area (Å²) >= 11 is 0. The van der Waals surface area contributed by atoms with Crippen molar-refractivity contribution in [2.45, 2.75) is 19.9 Å². The molecule has 1 amide bonds. The average molecular weight is 364 g/mol. The Hall–Kier alpha value is -3.48. The number of carbonyl (C=O) groups is 1. The van der Waals surface area contributed by atoms with Crippen LogP contribution in [0.4, 0.5) is 5.69 Å². The number of benzene rings is 1. The fraction of sp³-hybridized carbons (Fsp3) is 0.200. The van der Waals surface area contributed by atoms with Gasteiger partial charge in [-0.15, -0.1) is 0 Å². The van der Waals surface area contributed by atoms with Crippen molar-refractivity contribution < 1.29 is 9.53 Å². The van der Waals surface area contributed by atoms with Crippen LogP contribution in [0.5, 0.6) is 5.75 Å². The Bertz CT molecular complexity index is 969. The van der Waals surface area contributed by atoms with E-state index in [4.69, 9.17) is 4.74 Å². The highest BCUT2D eigenvalue weighted by molar-refractivity contribution is 5.93. The highest BCUT2D eigenvalue weighted by atomic mass is 16.5. The number of pyridine rings is 1. The maximum Gasteiger partial charge on any atom is 0.267 e. The van der Waals surface area contributed by atoms with Crippen molar-refractivity contribution >= 4 is 11.6 Å². The first-order valence-electron chi connectivity index (χ1n) is 8.62. The van der Waals surface area contributed by atoms with Crippen LogP contribution in [-0.2, 0) is 4.79 Å². The molecule has 2 heterocycles. The standard InChI is InChI=1S/C20H20N4O3/c1-3-27-17-6-4-15(5-7-17)18-8-9-19(25)24(23-18)14(2)20(26)22-16-10-12-21-13-11-16/h4-14H,3H2,1-2H3,(H,21,22,26). The van der Waals surface area contributed by atoms with Crippen molar-refractivity contribution in [1.29, 1.82) is 0 Å². The normalized spacial score (nSPS) is 11.6. The summed E-state index contributed by atoms with van der Waals surface area (Å²) in [5, 5.41) is 7.12. The summed E-state index contributed by atoms with van der Waals surface area (Å²) in [7, 11) is 0. The van der Waals surface area contributed by atoms with Crippen LogP contribution in [0.3, 0.4) is 0 Å². The molecular weight excluding hydrogens is 344 g/mol. The third-order valence-electron chi connectivity index (χ3n) is 3.98.